The normalized spacial score (nSPS) is 20.0. The fraction of sp³-hybridized carbons (Fsp3) is 0.436. The average Bonchev–Trinajstić information content (AvgIpc) is 1.67. The third-order valence-corrected chi connectivity index (χ3v) is 20.6. The quantitative estimate of drug-likeness (QED) is 0.00962. The number of allylic oxidation sites excluding steroid dienone is 3. The van der Waals surface area contributed by atoms with E-state index in [1.807, 2.05) is 79.4 Å². The maximum absolute atomic E-state index is 13.4. The number of carbonyl (C=O) groups is 1. The molecule has 4 aliphatic rings. The van der Waals surface area contributed by atoms with Crippen molar-refractivity contribution >= 4 is 78.4 Å². The van der Waals surface area contributed by atoms with Crippen molar-refractivity contribution in [3.63, 3.8) is 0 Å². The fourth-order valence-corrected chi connectivity index (χ4v) is 15.0. The maximum atomic E-state index is 13.4. The highest BCUT2D eigenvalue weighted by Gasteiger charge is 2.45. The first kappa shape index (κ1) is 68.0. The first-order valence-corrected chi connectivity index (χ1v) is 35.8. The molecule has 28 nitrogen and oxygen atoms in total. The van der Waals surface area contributed by atoms with Crippen LogP contribution in [-0.4, -0.2) is 133 Å². The van der Waals surface area contributed by atoms with Gasteiger partial charge in [-0.2, -0.15) is 17.0 Å². The van der Waals surface area contributed by atoms with E-state index in [-0.39, 0.29) is 36.6 Å². The third-order valence-electron chi connectivity index (χ3n) is 15.2. The molecule has 8 rings (SSSR count). The lowest BCUT2D eigenvalue weighted by Gasteiger charge is -2.30. The summed E-state index contributed by atoms with van der Waals surface area (Å²) in [6.07, 6.45) is 8.59. The summed E-state index contributed by atoms with van der Waals surface area (Å²) in [6, 6.07) is 20.1. The van der Waals surface area contributed by atoms with Crippen LogP contribution in [0.5, 0.6) is 0 Å². The lowest BCUT2D eigenvalue weighted by molar-refractivity contribution is -0.121. The molecule has 478 valence electrons. The van der Waals surface area contributed by atoms with Crippen molar-refractivity contribution in [1.82, 2.24) is 29.4 Å². The topological polar surface area (TPSA) is 405 Å². The summed E-state index contributed by atoms with van der Waals surface area (Å²) in [5.41, 5.74) is 4.96. The van der Waals surface area contributed by atoms with Crippen LogP contribution in [0.3, 0.4) is 0 Å². The van der Waals surface area contributed by atoms with Crippen molar-refractivity contribution in [1.29, 1.82) is 0 Å². The highest BCUT2D eigenvalue weighted by atomic mass is 32.2. The number of fused-ring (bicyclic) bond motifs is 3. The first-order chi connectivity index (χ1) is 41.5. The number of anilines is 2. The molecule has 33 heteroatoms. The molecule has 1 amide bonds. The van der Waals surface area contributed by atoms with Crippen LogP contribution < -0.4 is 25.5 Å². The van der Waals surface area contributed by atoms with Crippen LogP contribution in [0.4, 0.5) is 11.5 Å². The van der Waals surface area contributed by atoms with Gasteiger partial charge in [0, 0.05) is 77.8 Å². The number of unbranched alkanes of at least 4 members (excludes halogenated alkanes) is 3. The van der Waals surface area contributed by atoms with Gasteiger partial charge < -0.3 is 53.9 Å². The second kappa shape index (κ2) is 28.5. The second-order valence-corrected chi connectivity index (χ2v) is 28.6. The van der Waals surface area contributed by atoms with E-state index in [9.17, 15) is 59.3 Å². The lowest BCUT2D eigenvalue weighted by Crippen LogP contribution is -2.31. The number of rotatable bonds is 30. The molecule has 0 saturated carbocycles. The zero-order valence-corrected chi connectivity index (χ0v) is 52.8. The smallest absolute Gasteiger partial charge is 0.490 e. The molecule has 1 fully saturated rings. The van der Waals surface area contributed by atoms with Gasteiger partial charge in [-0.05, 0) is 101 Å². The Morgan fingerprint density at radius 3 is 2.33 bits per heavy atom. The zero-order chi connectivity index (χ0) is 63.8. The number of imidazole rings is 1. The van der Waals surface area contributed by atoms with E-state index in [1.54, 1.807) is 6.07 Å². The molecule has 3 aliphatic heterocycles. The van der Waals surface area contributed by atoms with Crippen LogP contribution in [0.15, 0.2) is 107 Å². The number of nitrogens with zero attached hydrogens (tertiary/aromatic N) is 6. The van der Waals surface area contributed by atoms with Gasteiger partial charge in [-0.1, -0.05) is 55.3 Å². The number of aliphatic hydroxyl groups excluding tert-OH is 1. The molecular formula is C55H71N8O20P3S2. The Morgan fingerprint density at radius 1 is 0.909 bits per heavy atom. The summed E-state index contributed by atoms with van der Waals surface area (Å²) in [6.45, 7) is 9.80. The summed E-state index contributed by atoms with van der Waals surface area (Å²) >= 11 is 0. The third kappa shape index (κ3) is 17.3. The van der Waals surface area contributed by atoms with Crippen molar-refractivity contribution in [2.75, 3.05) is 55.3 Å². The number of aliphatic hydroxyl groups is 1. The number of carbonyl (C=O) groups excluding carboxylic acids is 1. The molecule has 88 heavy (non-hydrogen) atoms. The molecular weight excluding hydrogens is 1250 g/mol. The average molecular weight is 1320 g/mol. The first-order valence-electron chi connectivity index (χ1n) is 28.2. The Kier molecular flexibility index (Phi) is 22.1. The second-order valence-electron chi connectivity index (χ2n) is 21.3. The number of hydrogen-bond acceptors (Lipinski definition) is 20. The zero-order valence-electron chi connectivity index (χ0n) is 48.5. The van der Waals surface area contributed by atoms with Crippen LogP contribution in [0.2, 0.25) is 0 Å². The van der Waals surface area contributed by atoms with E-state index >= 15 is 0 Å². The SMILES string of the molecule is CC[N+](CC)=c1ccc2c(/C=C/C=C3\N(CCCS(=O)(=O)[O-])c4ccc(S(=O)(=O)O)cc4C3(C)CCCC(=O)NCCCCCCNc3ncnc4c3ncn4[C@H]3C[C@H](O)[C@@H](COP(=O)(O)OP(=O)(O)OP(=O)(O)O)O3)c(C)c(-c3ccccc3)oc-2c1. The number of amides is 1. The summed E-state index contributed by atoms with van der Waals surface area (Å²) in [4.78, 5) is 64.7. The minimum atomic E-state index is -5.75. The number of phosphoric ester groups is 1. The Labute approximate surface area is 508 Å². The molecule has 4 aromatic rings. The van der Waals surface area contributed by atoms with E-state index in [1.165, 1.54) is 29.4 Å². The maximum Gasteiger partial charge on any atom is 0.490 e. The van der Waals surface area contributed by atoms with E-state index in [4.69, 9.17) is 18.9 Å². The molecule has 5 heterocycles. The highest BCUT2D eigenvalue weighted by Crippen LogP contribution is 2.66. The summed E-state index contributed by atoms with van der Waals surface area (Å²) < 4.78 is 134. The van der Waals surface area contributed by atoms with Gasteiger partial charge in [-0.3, -0.25) is 18.4 Å². The van der Waals surface area contributed by atoms with Crippen LogP contribution in [-0.2, 0) is 62.0 Å². The highest BCUT2D eigenvalue weighted by molar-refractivity contribution is 7.86. The van der Waals surface area contributed by atoms with E-state index < -0.39 is 79.9 Å². The molecule has 6 atom stereocenters. The summed E-state index contributed by atoms with van der Waals surface area (Å²) in [5.74, 6) is 0.927. The summed E-state index contributed by atoms with van der Waals surface area (Å²) in [7, 11) is -26.1. The lowest BCUT2D eigenvalue weighted by atomic mass is 9.77. The Hall–Kier alpha value is -5.88. The van der Waals surface area contributed by atoms with Gasteiger partial charge in [0.05, 0.1) is 40.1 Å². The van der Waals surface area contributed by atoms with Crippen molar-refractivity contribution in [3.05, 3.63) is 119 Å². The molecule has 1 saturated heterocycles. The van der Waals surface area contributed by atoms with Gasteiger partial charge in [0.25, 0.3) is 10.1 Å². The minimum absolute atomic E-state index is 0.0411. The van der Waals surface area contributed by atoms with Gasteiger partial charge in [0.1, 0.15) is 43.3 Å². The number of benzene rings is 3. The Bertz CT molecular complexity index is 3990. The molecule has 2 aromatic heterocycles. The standard InChI is InChI=1S/C55H71N8O20P3S2/c1-5-61(6-2)39-22-24-42-41(37(3)52(81-46(42)31-39)38-17-10-9-11-18-38)19-14-20-48-55(4,43-32-40(88(76,77)78)23-25-44(43)62(48)29-16-30-87(73,74)75)26-15-21-49(65)56-27-12-7-8-13-28-57-53-51-54(59-35-58-53)63(36-60-51)50-33-45(64)47(80-50)34-79-85(69,70)83-86(71,72)82-84(66,67)68/h9-11,14,17-20,22-25,31-32,35-36,45,47,50,64H,5-8,12-13,15-16,21,26-30,33-34H2,1-4H3,(H7-,56,57,58,59,65,66,67,68,69,70,71,72,73,74,75,76,77,78)/t45-,47+,50+,55?/m0/s1. The number of ether oxygens (including phenoxy) is 1. The minimum Gasteiger partial charge on any atom is -0.748 e. The van der Waals surface area contributed by atoms with Crippen LogP contribution >= 0.6 is 23.5 Å². The molecule has 0 spiro atoms. The summed E-state index contributed by atoms with van der Waals surface area (Å²) in [5, 5.41) is 17.9. The Balaban J connectivity index is 0.888. The van der Waals surface area contributed by atoms with Gasteiger partial charge in [0.15, 0.2) is 17.0 Å². The number of hydrogen-bond donors (Lipinski definition) is 8. The monoisotopic (exact) mass is 1320 g/mol. The molecule has 0 bridgehead atoms. The van der Waals surface area contributed by atoms with Crippen molar-refractivity contribution < 1.29 is 91.4 Å². The number of nitrogens with one attached hydrogen (secondary N) is 2. The molecule has 8 N–H and O–H groups in total. The van der Waals surface area contributed by atoms with Crippen LogP contribution in [0, 0.1) is 6.92 Å². The predicted molar refractivity (Wildman–Crippen MR) is 323 cm³/mol. The number of aromatic nitrogens is 4. The Morgan fingerprint density at radius 2 is 1.64 bits per heavy atom. The van der Waals surface area contributed by atoms with Crippen molar-refractivity contribution in [3.8, 4) is 22.6 Å². The fourth-order valence-electron chi connectivity index (χ4n) is 11.0. The van der Waals surface area contributed by atoms with Gasteiger partial charge in [-0.15, -0.1) is 0 Å². The number of phosphoric acid groups is 3. The molecule has 2 aromatic carbocycles. The van der Waals surface area contributed by atoms with Crippen LogP contribution in [0.1, 0.15) is 101 Å². The molecule has 1 aliphatic carbocycles. The van der Waals surface area contributed by atoms with E-state index in [2.05, 4.69) is 63.2 Å². The van der Waals surface area contributed by atoms with E-state index in [0.29, 0.717) is 84.2 Å². The van der Waals surface area contributed by atoms with Crippen molar-refractivity contribution in [2.24, 2.45) is 0 Å². The van der Waals surface area contributed by atoms with Gasteiger partial charge >= 0.3 is 23.5 Å². The predicted octanol–water partition coefficient (Wildman–Crippen LogP) is 7.12. The largest absolute Gasteiger partial charge is 0.748 e. The van der Waals surface area contributed by atoms with E-state index in [0.717, 1.165) is 53.5 Å². The van der Waals surface area contributed by atoms with Crippen LogP contribution in [0.25, 0.3) is 39.9 Å². The van der Waals surface area contributed by atoms with Gasteiger partial charge in [0.2, 0.25) is 11.3 Å². The van der Waals surface area contributed by atoms with Crippen molar-refractivity contribution in [2.45, 2.75) is 114 Å². The molecule has 0 radical (unpaired) electrons. The molecule has 3 unspecified atom stereocenters. The van der Waals surface area contributed by atoms with Gasteiger partial charge in [-0.25, -0.2) is 41.6 Å².